The SMILES string of the molecule is CC(C)(C)OC(=O)[C@H]1[C@H](COP(=O)(OC(C)(C)C)OC(C)(C)C)[C@@H]1C(=O)OCc1ccccc1. The minimum absolute atomic E-state index is 0.0869. The highest BCUT2D eigenvalue weighted by Gasteiger charge is 2.62. The summed E-state index contributed by atoms with van der Waals surface area (Å²) in [6, 6.07) is 9.26. The van der Waals surface area contributed by atoms with E-state index in [9.17, 15) is 14.2 Å². The highest BCUT2D eigenvalue weighted by molar-refractivity contribution is 7.48. The monoisotopic (exact) mass is 498 g/mol. The average molecular weight is 499 g/mol. The second-order valence-electron chi connectivity index (χ2n) is 11.5. The summed E-state index contributed by atoms with van der Waals surface area (Å²) in [6.07, 6.45) is 0. The van der Waals surface area contributed by atoms with Gasteiger partial charge in [-0.25, -0.2) is 4.57 Å². The maximum Gasteiger partial charge on any atom is 0.475 e. The maximum absolute atomic E-state index is 13.4. The van der Waals surface area contributed by atoms with Crippen LogP contribution in [0.1, 0.15) is 67.9 Å². The van der Waals surface area contributed by atoms with Crippen molar-refractivity contribution in [2.24, 2.45) is 17.8 Å². The minimum Gasteiger partial charge on any atom is -0.461 e. The molecule has 0 spiro atoms. The van der Waals surface area contributed by atoms with Gasteiger partial charge in [0.15, 0.2) is 0 Å². The summed E-state index contributed by atoms with van der Waals surface area (Å²) in [6.45, 7) is 15.6. The molecule has 0 bridgehead atoms. The Bertz CT molecular complexity index is 872. The fourth-order valence-corrected chi connectivity index (χ4v) is 5.18. The first-order chi connectivity index (χ1) is 15.4. The second kappa shape index (κ2) is 10.5. The standard InChI is InChI=1S/C25H39O8P/c1-23(2,3)31-22(27)20-18(19(20)21(26)29-15-17-13-11-10-12-14-17)16-30-34(28,32-24(4,5)6)33-25(7,8)9/h10-14,18-20H,15-16H2,1-9H3/t18-,19+,20+/m1/s1. The Kier molecular flexibility index (Phi) is 8.79. The molecule has 8 nitrogen and oxygen atoms in total. The summed E-state index contributed by atoms with van der Waals surface area (Å²) >= 11 is 0. The van der Waals surface area contributed by atoms with E-state index in [0.717, 1.165) is 5.56 Å². The van der Waals surface area contributed by atoms with Crippen molar-refractivity contribution < 1.29 is 37.2 Å². The molecule has 1 aromatic carbocycles. The summed E-state index contributed by atoms with van der Waals surface area (Å²) in [5.41, 5.74) is -1.49. The Labute approximate surface area is 203 Å². The third-order valence-electron chi connectivity index (χ3n) is 4.54. The number of benzene rings is 1. The summed E-state index contributed by atoms with van der Waals surface area (Å²) in [4.78, 5) is 25.6. The number of hydrogen-bond donors (Lipinski definition) is 0. The minimum atomic E-state index is -4.00. The van der Waals surface area contributed by atoms with Gasteiger partial charge in [0.25, 0.3) is 0 Å². The van der Waals surface area contributed by atoms with Crippen molar-refractivity contribution >= 4 is 19.8 Å². The van der Waals surface area contributed by atoms with E-state index >= 15 is 0 Å². The molecule has 1 aromatic rings. The van der Waals surface area contributed by atoms with Gasteiger partial charge in [0.2, 0.25) is 0 Å². The van der Waals surface area contributed by atoms with Crippen molar-refractivity contribution in [2.45, 2.75) is 85.7 Å². The molecular weight excluding hydrogens is 459 g/mol. The Hall–Kier alpha value is -1.73. The number of esters is 2. The van der Waals surface area contributed by atoms with E-state index in [4.69, 9.17) is 23.0 Å². The van der Waals surface area contributed by atoms with Gasteiger partial charge in [0.1, 0.15) is 12.2 Å². The molecule has 9 heteroatoms. The lowest BCUT2D eigenvalue weighted by Crippen LogP contribution is -2.26. The fourth-order valence-electron chi connectivity index (χ4n) is 3.34. The van der Waals surface area contributed by atoms with Crippen molar-refractivity contribution in [1.29, 1.82) is 0 Å². The molecule has 0 aliphatic heterocycles. The lowest BCUT2D eigenvalue weighted by Gasteiger charge is -2.31. The molecule has 1 aliphatic carbocycles. The van der Waals surface area contributed by atoms with Crippen LogP contribution in [0.15, 0.2) is 30.3 Å². The lowest BCUT2D eigenvalue weighted by atomic mass is 10.2. The summed E-state index contributed by atoms with van der Waals surface area (Å²) in [5.74, 6) is -3.15. The molecule has 1 fully saturated rings. The van der Waals surface area contributed by atoms with Crippen LogP contribution in [0.3, 0.4) is 0 Å². The third kappa shape index (κ3) is 9.49. The highest BCUT2D eigenvalue weighted by atomic mass is 31.2. The number of carbonyl (C=O) groups excluding carboxylic acids is 2. The van der Waals surface area contributed by atoms with Gasteiger partial charge in [-0.15, -0.1) is 0 Å². The van der Waals surface area contributed by atoms with Gasteiger partial charge >= 0.3 is 19.8 Å². The first kappa shape index (κ1) is 28.5. The molecule has 192 valence electrons. The molecule has 0 N–H and O–H groups in total. The highest BCUT2D eigenvalue weighted by Crippen LogP contribution is 2.58. The molecule has 34 heavy (non-hydrogen) atoms. The topological polar surface area (TPSA) is 97.4 Å². The van der Waals surface area contributed by atoms with E-state index in [2.05, 4.69) is 0 Å². The lowest BCUT2D eigenvalue weighted by molar-refractivity contribution is -0.159. The first-order valence-electron chi connectivity index (χ1n) is 11.5. The molecule has 3 atom stereocenters. The molecule has 0 unspecified atom stereocenters. The number of carbonyl (C=O) groups is 2. The molecule has 2 rings (SSSR count). The van der Waals surface area contributed by atoms with Crippen molar-refractivity contribution in [3.05, 3.63) is 35.9 Å². The van der Waals surface area contributed by atoms with Crippen molar-refractivity contribution in [3.63, 3.8) is 0 Å². The Balaban J connectivity index is 2.14. The Morgan fingerprint density at radius 3 is 1.76 bits per heavy atom. The van der Waals surface area contributed by atoms with Crippen LogP contribution >= 0.6 is 7.82 Å². The Morgan fingerprint density at radius 1 is 0.794 bits per heavy atom. The molecule has 0 amide bonds. The summed E-state index contributed by atoms with van der Waals surface area (Å²) in [5, 5.41) is 0. The zero-order chi connectivity index (χ0) is 25.9. The number of ether oxygens (including phenoxy) is 2. The fraction of sp³-hybridized carbons (Fsp3) is 0.680. The molecule has 0 heterocycles. The van der Waals surface area contributed by atoms with E-state index < -0.39 is 54.3 Å². The molecule has 1 saturated carbocycles. The zero-order valence-electron chi connectivity index (χ0n) is 21.7. The van der Waals surface area contributed by atoms with E-state index in [-0.39, 0.29) is 13.2 Å². The zero-order valence-corrected chi connectivity index (χ0v) is 22.6. The van der Waals surface area contributed by atoms with Gasteiger partial charge in [-0.3, -0.25) is 23.2 Å². The van der Waals surface area contributed by atoms with Crippen LogP contribution in [-0.2, 0) is 43.8 Å². The van der Waals surface area contributed by atoms with Crippen LogP contribution in [0.2, 0.25) is 0 Å². The summed E-state index contributed by atoms with van der Waals surface area (Å²) in [7, 11) is -4.00. The molecule has 0 radical (unpaired) electrons. The van der Waals surface area contributed by atoms with Crippen LogP contribution in [0, 0.1) is 17.8 Å². The predicted octanol–water partition coefficient (Wildman–Crippen LogP) is 5.69. The van der Waals surface area contributed by atoms with Gasteiger partial charge in [0, 0.05) is 5.92 Å². The number of hydrogen-bond acceptors (Lipinski definition) is 8. The van der Waals surface area contributed by atoms with E-state index in [0.29, 0.717) is 0 Å². The van der Waals surface area contributed by atoms with Crippen LogP contribution in [0.5, 0.6) is 0 Å². The smallest absolute Gasteiger partial charge is 0.461 e. The van der Waals surface area contributed by atoms with Gasteiger partial charge in [-0.2, -0.15) is 0 Å². The molecule has 0 aromatic heterocycles. The number of phosphoric acid groups is 1. The van der Waals surface area contributed by atoms with Gasteiger partial charge in [-0.05, 0) is 67.9 Å². The van der Waals surface area contributed by atoms with Crippen molar-refractivity contribution in [3.8, 4) is 0 Å². The Morgan fingerprint density at radius 2 is 1.29 bits per heavy atom. The third-order valence-corrected chi connectivity index (χ3v) is 6.55. The largest absolute Gasteiger partial charge is 0.475 e. The normalized spacial score (nSPS) is 21.1. The van der Waals surface area contributed by atoms with E-state index in [1.807, 2.05) is 30.3 Å². The van der Waals surface area contributed by atoms with E-state index in [1.54, 1.807) is 62.3 Å². The maximum atomic E-state index is 13.4. The molecule has 1 aliphatic rings. The second-order valence-corrected chi connectivity index (χ2v) is 13.0. The quantitative estimate of drug-likeness (QED) is 0.316. The predicted molar refractivity (Wildman–Crippen MR) is 128 cm³/mol. The summed E-state index contributed by atoms with van der Waals surface area (Å²) < 4.78 is 41.2. The first-order valence-corrected chi connectivity index (χ1v) is 12.9. The van der Waals surface area contributed by atoms with Gasteiger partial charge in [-0.1, -0.05) is 30.3 Å². The van der Waals surface area contributed by atoms with Crippen LogP contribution < -0.4 is 0 Å². The van der Waals surface area contributed by atoms with Crippen molar-refractivity contribution in [1.82, 2.24) is 0 Å². The average Bonchev–Trinajstić information content (AvgIpc) is 3.36. The molecule has 0 saturated heterocycles. The number of rotatable bonds is 9. The van der Waals surface area contributed by atoms with Crippen LogP contribution in [0.4, 0.5) is 0 Å². The van der Waals surface area contributed by atoms with Crippen LogP contribution in [-0.4, -0.2) is 35.3 Å². The van der Waals surface area contributed by atoms with Crippen LogP contribution in [0.25, 0.3) is 0 Å². The van der Waals surface area contributed by atoms with E-state index in [1.165, 1.54) is 0 Å². The van der Waals surface area contributed by atoms with Gasteiger partial charge in [0.05, 0.1) is 29.6 Å². The van der Waals surface area contributed by atoms with Crippen molar-refractivity contribution in [2.75, 3.05) is 6.61 Å². The molecular formula is C25H39O8P. The number of phosphoric ester groups is 1. The van der Waals surface area contributed by atoms with Gasteiger partial charge < -0.3 is 9.47 Å².